The summed E-state index contributed by atoms with van der Waals surface area (Å²) < 4.78 is 3.33. The maximum absolute atomic E-state index is 11.2. The van der Waals surface area contributed by atoms with Gasteiger partial charge >= 0.3 is 0 Å². The number of hydrogen-bond acceptors (Lipinski definition) is 3. The lowest BCUT2D eigenvalue weighted by Gasteiger charge is -2.03. The van der Waals surface area contributed by atoms with Gasteiger partial charge in [-0.3, -0.25) is 4.79 Å². The van der Waals surface area contributed by atoms with Crippen molar-refractivity contribution in [2.75, 3.05) is 12.0 Å². The number of aryl methyl sites for hydroxylation is 2. The van der Waals surface area contributed by atoms with Gasteiger partial charge in [-0.25, -0.2) is 0 Å². The summed E-state index contributed by atoms with van der Waals surface area (Å²) in [5.41, 5.74) is 2.40. The smallest absolute Gasteiger partial charge is 0.245 e. The van der Waals surface area contributed by atoms with E-state index in [0.29, 0.717) is 0 Å². The number of carbonyl (C=O) groups is 1. The summed E-state index contributed by atoms with van der Waals surface area (Å²) in [6.45, 7) is 4.46. The van der Waals surface area contributed by atoms with Crippen LogP contribution in [-0.4, -0.2) is 22.5 Å². The van der Waals surface area contributed by atoms with Crippen LogP contribution in [0, 0.1) is 6.92 Å². The first-order valence-corrected chi connectivity index (χ1v) is 7.97. The zero-order chi connectivity index (χ0) is 13.1. The summed E-state index contributed by atoms with van der Waals surface area (Å²) in [6.07, 6.45) is 2.08. The van der Waals surface area contributed by atoms with Crippen molar-refractivity contribution in [3.05, 3.63) is 28.6 Å². The number of carbonyl (C=O) groups excluding carboxylic acids is 1. The Hall–Kier alpha value is -1.07. The monoisotopic (exact) mass is 280 g/mol. The van der Waals surface area contributed by atoms with Gasteiger partial charge in [-0.2, -0.15) is 16.8 Å². The fourth-order valence-corrected chi connectivity index (χ4v) is 3.36. The molecule has 0 aliphatic carbocycles. The van der Waals surface area contributed by atoms with Gasteiger partial charge in [0.25, 0.3) is 0 Å². The van der Waals surface area contributed by atoms with Crippen molar-refractivity contribution in [2.24, 2.45) is 4.99 Å². The predicted molar refractivity (Wildman–Crippen MR) is 79.2 cm³/mol. The van der Waals surface area contributed by atoms with Gasteiger partial charge < -0.3 is 4.57 Å². The van der Waals surface area contributed by atoms with Gasteiger partial charge in [0.05, 0.1) is 10.2 Å². The van der Waals surface area contributed by atoms with Crippen molar-refractivity contribution < 1.29 is 4.79 Å². The molecule has 0 N–H and O–H groups in total. The minimum Gasteiger partial charge on any atom is -0.316 e. The predicted octanol–water partition coefficient (Wildman–Crippen LogP) is 2.82. The second kappa shape index (κ2) is 5.71. The molecule has 0 atom stereocenters. The number of thiazole rings is 1. The van der Waals surface area contributed by atoms with Crippen molar-refractivity contribution in [2.45, 2.75) is 20.4 Å². The molecule has 0 saturated carbocycles. The molecular formula is C13H16N2OS2. The molecule has 0 fully saturated rings. The van der Waals surface area contributed by atoms with Crippen molar-refractivity contribution in [3.63, 3.8) is 0 Å². The average Bonchev–Trinajstić information content (AvgIpc) is 2.62. The Morgan fingerprint density at radius 3 is 2.94 bits per heavy atom. The number of rotatable bonds is 3. The summed E-state index contributed by atoms with van der Waals surface area (Å²) in [6, 6.07) is 6.36. The van der Waals surface area contributed by atoms with Gasteiger partial charge in [0, 0.05) is 19.2 Å². The Bertz CT molecular complexity index is 640. The van der Waals surface area contributed by atoms with Gasteiger partial charge in [0.2, 0.25) is 5.91 Å². The molecule has 1 aromatic heterocycles. The van der Waals surface area contributed by atoms with E-state index in [1.54, 1.807) is 23.1 Å². The number of benzene rings is 1. The molecule has 0 unspecified atom stereocenters. The molecule has 0 saturated heterocycles. The number of fused-ring (bicyclic) bond motifs is 1. The molecule has 5 heteroatoms. The largest absolute Gasteiger partial charge is 0.316 e. The van der Waals surface area contributed by atoms with Crippen LogP contribution in [0.5, 0.6) is 0 Å². The van der Waals surface area contributed by atoms with Crippen LogP contribution in [0.4, 0.5) is 0 Å². The Morgan fingerprint density at radius 1 is 1.50 bits per heavy atom. The summed E-state index contributed by atoms with van der Waals surface area (Å²) in [4.78, 5) is 16.1. The van der Waals surface area contributed by atoms with Crippen LogP contribution in [0.15, 0.2) is 23.2 Å². The van der Waals surface area contributed by atoms with E-state index >= 15 is 0 Å². The highest BCUT2D eigenvalue weighted by atomic mass is 32.2. The van der Waals surface area contributed by atoms with Crippen molar-refractivity contribution in [3.8, 4) is 0 Å². The molecule has 0 bridgehead atoms. The lowest BCUT2D eigenvalue weighted by molar-refractivity contribution is -0.116. The highest BCUT2D eigenvalue weighted by Crippen LogP contribution is 2.19. The molecule has 0 aliphatic rings. The van der Waals surface area contributed by atoms with Crippen molar-refractivity contribution in [1.29, 1.82) is 0 Å². The molecule has 2 aromatic rings. The van der Waals surface area contributed by atoms with E-state index < -0.39 is 0 Å². The fourth-order valence-electron chi connectivity index (χ4n) is 1.80. The van der Waals surface area contributed by atoms with E-state index in [9.17, 15) is 4.79 Å². The van der Waals surface area contributed by atoms with Crippen LogP contribution in [0.25, 0.3) is 10.2 Å². The van der Waals surface area contributed by atoms with Crippen LogP contribution < -0.4 is 4.80 Å². The van der Waals surface area contributed by atoms with E-state index in [1.165, 1.54) is 22.7 Å². The lowest BCUT2D eigenvalue weighted by Crippen LogP contribution is -2.17. The third kappa shape index (κ3) is 2.84. The van der Waals surface area contributed by atoms with Crippen LogP contribution in [0.3, 0.4) is 0 Å². The highest BCUT2D eigenvalue weighted by Gasteiger charge is 2.06. The van der Waals surface area contributed by atoms with Gasteiger partial charge in [-0.05, 0) is 30.9 Å². The first-order valence-electron chi connectivity index (χ1n) is 5.76. The molecule has 0 radical (unpaired) electrons. The molecule has 3 nitrogen and oxygen atoms in total. The van der Waals surface area contributed by atoms with Crippen LogP contribution in [-0.2, 0) is 11.3 Å². The fraction of sp³-hybridized carbons (Fsp3) is 0.385. The third-order valence-electron chi connectivity index (χ3n) is 2.61. The molecule has 1 amide bonds. The molecule has 1 aromatic carbocycles. The van der Waals surface area contributed by atoms with Gasteiger partial charge in [0.1, 0.15) is 0 Å². The lowest BCUT2D eigenvalue weighted by atomic mass is 10.2. The Kier molecular flexibility index (Phi) is 4.24. The Morgan fingerprint density at radius 2 is 2.28 bits per heavy atom. The molecular weight excluding hydrogens is 264 g/mol. The van der Waals surface area contributed by atoms with E-state index in [-0.39, 0.29) is 5.91 Å². The molecule has 2 rings (SSSR count). The Labute approximate surface area is 115 Å². The highest BCUT2D eigenvalue weighted by molar-refractivity contribution is 7.98. The minimum atomic E-state index is -0.142. The normalized spacial score (nSPS) is 12.3. The van der Waals surface area contributed by atoms with Gasteiger partial charge in [-0.15, -0.1) is 0 Å². The number of hydrogen-bond donors (Lipinski definition) is 0. The van der Waals surface area contributed by atoms with Crippen LogP contribution in [0.1, 0.15) is 12.5 Å². The first kappa shape index (κ1) is 13.4. The molecule has 18 heavy (non-hydrogen) atoms. The SMILES string of the molecule is CSCCn1c(=NC(C)=O)sc2cc(C)ccc21. The zero-order valence-corrected chi connectivity index (χ0v) is 12.4. The maximum atomic E-state index is 11.2. The van der Waals surface area contributed by atoms with Crippen LogP contribution >= 0.6 is 23.1 Å². The topological polar surface area (TPSA) is 34.4 Å². The Balaban J connectivity index is 2.64. The molecule has 0 aliphatic heterocycles. The average molecular weight is 280 g/mol. The van der Waals surface area contributed by atoms with Gasteiger partial charge in [-0.1, -0.05) is 17.4 Å². The second-order valence-corrected chi connectivity index (χ2v) is 6.13. The zero-order valence-electron chi connectivity index (χ0n) is 10.8. The standard InChI is InChI=1S/C13H16N2OS2/c1-9-4-5-11-12(8-9)18-13(14-10(2)16)15(11)6-7-17-3/h4-5,8H,6-7H2,1-3H3. The van der Waals surface area contributed by atoms with E-state index in [1.807, 2.05) is 0 Å². The summed E-state index contributed by atoms with van der Waals surface area (Å²) in [7, 11) is 0. The van der Waals surface area contributed by atoms with E-state index in [4.69, 9.17) is 0 Å². The van der Waals surface area contributed by atoms with E-state index in [0.717, 1.165) is 17.1 Å². The maximum Gasteiger partial charge on any atom is 0.245 e. The second-order valence-electron chi connectivity index (χ2n) is 4.13. The summed E-state index contributed by atoms with van der Waals surface area (Å²) in [5, 5.41) is 0. The molecule has 1 heterocycles. The number of nitrogens with zero attached hydrogens (tertiary/aromatic N) is 2. The third-order valence-corrected chi connectivity index (χ3v) is 4.24. The number of thioether (sulfide) groups is 1. The van der Waals surface area contributed by atoms with Gasteiger partial charge in [0.15, 0.2) is 4.80 Å². The summed E-state index contributed by atoms with van der Waals surface area (Å²) in [5.74, 6) is 0.876. The van der Waals surface area contributed by atoms with Crippen molar-refractivity contribution in [1.82, 2.24) is 4.57 Å². The molecule has 96 valence electrons. The summed E-state index contributed by atoms with van der Waals surface area (Å²) >= 11 is 3.38. The number of amides is 1. The number of aromatic nitrogens is 1. The molecule has 0 spiro atoms. The van der Waals surface area contributed by atoms with Crippen molar-refractivity contribution >= 4 is 39.2 Å². The van der Waals surface area contributed by atoms with E-state index in [2.05, 4.69) is 40.9 Å². The first-order chi connectivity index (χ1) is 8.61. The van der Waals surface area contributed by atoms with Crippen LogP contribution in [0.2, 0.25) is 0 Å². The quantitative estimate of drug-likeness (QED) is 0.866. The minimum absolute atomic E-state index is 0.142.